The summed E-state index contributed by atoms with van der Waals surface area (Å²) < 4.78 is 11.1. The number of phenols is 1. The van der Waals surface area contributed by atoms with Gasteiger partial charge < -0.3 is 14.6 Å². The quantitative estimate of drug-likeness (QED) is 0.660. The zero-order chi connectivity index (χ0) is 16.4. The van der Waals surface area contributed by atoms with Crippen molar-refractivity contribution in [1.29, 1.82) is 0 Å². The molecule has 0 bridgehead atoms. The summed E-state index contributed by atoms with van der Waals surface area (Å²) in [6, 6.07) is 12.1. The molecule has 0 aromatic heterocycles. The molecule has 1 N–H and O–H groups in total. The van der Waals surface area contributed by atoms with Gasteiger partial charge in [0.25, 0.3) is 0 Å². The van der Waals surface area contributed by atoms with Gasteiger partial charge in [-0.1, -0.05) is 22.0 Å². The molecule has 116 valence electrons. The summed E-state index contributed by atoms with van der Waals surface area (Å²) in [5, 5.41) is 9.78. The van der Waals surface area contributed by atoms with Crippen LogP contribution in [0.25, 0.3) is 6.08 Å². The molecule has 23 heavy (non-hydrogen) atoms. The number of nitrogens with zero attached hydrogens (tertiary/aromatic N) is 1. The summed E-state index contributed by atoms with van der Waals surface area (Å²) in [7, 11) is 1.47. The Labute approximate surface area is 141 Å². The SMILES string of the molecule is COc1ccc(/C=C2/N=C(c3ccc(Br)cc3)OC2=O)cc1O. The van der Waals surface area contributed by atoms with Gasteiger partial charge in [0.15, 0.2) is 17.2 Å². The molecule has 0 spiro atoms. The second-order valence-corrected chi connectivity index (χ2v) is 5.69. The molecule has 2 aromatic rings. The molecule has 0 radical (unpaired) electrons. The lowest BCUT2D eigenvalue weighted by Gasteiger charge is -2.03. The van der Waals surface area contributed by atoms with Crippen LogP contribution in [0.1, 0.15) is 11.1 Å². The molecule has 0 fully saturated rings. The van der Waals surface area contributed by atoms with Gasteiger partial charge in [-0.15, -0.1) is 0 Å². The van der Waals surface area contributed by atoms with Gasteiger partial charge in [-0.05, 0) is 48.0 Å². The van der Waals surface area contributed by atoms with Gasteiger partial charge in [0.05, 0.1) is 7.11 Å². The van der Waals surface area contributed by atoms with Crippen LogP contribution in [-0.2, 0) is 9.53 Å². The molecule has 0 atom stereocenters. The first-order valence-corrected chi connectivity index (χ1v) is 7.51. The summed E-state index contributed by atoms with van der Waals surface area (Å²) in [6.45, 7) is 0. The summed E-state index contributed by atoms with van der Waals surface area (Å²) in [5.74, 6) is 0.0789. The highest BCUT2D eigenvalue weighted by molar-refractivity contribution is 9.10. The third-order valence-corrected chi connectivity index (χ3v) is 3.75. The molecular formula is C17H12BrNO4. The van der Waals surface area contributed by atoms with Crippen LogP contribution in [0.5, 0.6) is 11.5 Å². The van der Waals surface area contributed by atoms with E-state index in [4.69, 9.17) is 9.47 Å². The van der Waals surface area contributed by atoms with Gasteiger partial charge in [0.1, 0.15) is 0 Å². The van der Waals surface area contributed by atoms with E-state index >= 15 is 0 Å². The zero-order valence-electron chi connectivity index (χ0n) is 12.1. The highest BCUT2D eigenvalue weighted by Crippen LogP contribution is 2.28. The number of esters is 1. The van der Waals surface area contributed by atoms with E-state index in [1.54, 1.807) is 30.3 Å². The number of benzene rings is 2. The number of ether oxygens (including phenoxy) is 2. The second kappa shape index (κ2) is 6.26. The van der Waals surface area contributed by atoms with Gasteiger partial charge in [0.2, 0.25) is 5.90 Å². The van der Waals surface area contributed by atoms with E-state index in [0.29, 0.717) is 16.9 Å². The van der Waals surface area contributed by atoms with E-state index in [1.807, 2.05) is 12.1 Å². The molecular weight excluding hydrogens is 362 g/mol. The molecule has 0 unspecified atom stereocenters. The molecule has 1 aliphatic heterocycles. The fourth-order valence-electron chi connectivity index (χ4n) is 2.08. The van der Waals surface area contributed by atoms with E-state index in [0.717, 1.165) is 4.47 Å². The van der Waals surface area contributed by atoms with Gasteiger partial charge in [-0.25, -0.2) is 9.79 Å². The maximum absolute atomic E-state index is 11.9. The van der Waals surface area contributed by atoms with Crippen molar-refractivity contribution in [3.8, 4) is 11.5 Å². The summed E-state index contributed by atoms with van der Waals surface area (Å²) in [6.07, 6.45) is 1.55. The van der Waals surface area contributed by atoms with Crippen molar-refractivity contribution < 1.29 is 19.4 Å². The smallest absolute Gasteiger partial charge is 0.363 e. The number of cyclic esters (lactones) is 1. The van der Waals surface area contributed by atoms with E-state index < -0.39 is 5.97 Å². The molecule has 0 amide bonds. The van der Waals surface area contributed by atoms with E-state index in [2.05, 4.69) is 20.9 Å². The predicted molar refractivity (Wildman–Crippen MR) is 89.4 cm³/mol. The molecule has 2 aromatic carbocycles. The summed E-state index contributed by atoms with van der Waals surface area (Å²) >= 11 is 3.35. The number of phenolic OH excluding ortho intramolecular Hbond substituents is 1. The Kier molecular flexibility index (Phi) is 4.16. The molecule has 1 heterocycles. The lowest BCUT2D eigenvalue weighted by Crippen LogP contribution is -2.05. The molecule has 1 aliphatic rings. The maximum Gasteiger partial charge on any atom is 0.363 e. The van der Waals surface area contributed by atoms with E-state index in [1.165, 1.54) is 13.2 Å². The van der Waals surface area contributed by atoms with Crippen LogP contribution >= 0.6 is 15.9 Å². The molecule has 0 saturated heterocycles. The number of halogens is 1. The topological polar surface area (TPSA) is 68.1 Å². The van der Waals surface area contributed by atoms with Crippen LogP contribution in [0.2, 0.25) is 0 Å². The Morgan fingerprint density at radius 1 is 1.22 bits per heavy atom. The number of aliphatic imine (C=N–C) groups is 1. The first kappa shape index (κ1) is 15.3. The van der Waals surface area contributed by atoms with Crippen LogP contribution in [-0.4, -0.2) is 24.1 Å². The second-order valence-electron chi connectivity index (χ2n) is 4.77. The average molecular weight is 374 g/mol. The Morgan fingerprint density at radius 3 is 2.61 bits per heavy atom. The fraction of sp³-hybridized carbons (Fsp3) is 0.0588. The molecule has 5 nitrogen and oxygen atoms in total. The first-order valence-electron chi connectivity index (χ1n) is 6.72. The Balaban J connectivity index is 1.91. The molecule has 0 saturated carbocycles. The summed E-state index contributed by atoms with van der Waals surface area (Å²) in [5.41, 5.74) is 1.51. The van der Waals surface area contributed by atoms with Crippen molar-refractivity contribution in [2.75, 3.05) is 7.11 Å². The maximum atomic E-state index is 11.9. The van der Waals surface area contributed by atoms with Crippen molar-refractivity contribution >= 4 is 33.9 Å². The molecule has 6 heteroatoms. The van der Waals surface area contributed by atoms with Gasteiger partial charge in [-0.3, -0.25) is 0 Å². The largest absolute Gasteiger partial charge is 0.504 e. The standard InChI is InChI=1S/C17H12BrNO4/c1-22-15-7-2-10(9-14(15)20)8-13-17(21)23-16(19-13)11-3-5-12(18)6-4-11/h2-9,20H,1H3/b13-8+. The highest BCUT2D eigenvalue weighted by atomic mass is 79.9. The minimum Gasteiger partial charge on any atom is -0.504 e. The first-order chi connectivity index (χ1) is 11.1. The lowest BCUT2D eigenvalue weighted by molar-refractivity contribution is -0.129. The van der Waals surface area contributed by atoms with Gasteiger partial charge >= 0.3 is 5.97 Å². The van der Waals surface area contributed by atoms with Crippen LogP contribution < -0.4 is 4.74 Å². The zero-order valence-corrected chi connectivity index (χ0v) is 13.7. The third-order valence-electron chi connectivity index (χ3n) is 3.22. The van der Waals surface area contributed by atoms with Crippen molar-refractivity contribution in [2.45, 2.75) is 0 Å². The monoisotopic (exact) mass is 373 g/mol. The average Bonchev–Trinajstić information content (AvgIpc) is 2.89. The van der Waals surface area contributed by atoms with Gasteiger partial charge in [0, 0.05) is 10.0 Å². The van der Waals surface area contributed by atoms with Crippen molar-refractivity contribution in [3.63, 3.8) is 0 Å². The Bertz CT molecular complexity index is 825. The van der Waals surface area contributed by atoms with E-state index in [-0.39, 0.29) is 17.3 Å². The van der Waals surface area contributed by atoms with Crippen LogP contribution in [0, 0.1) is 0 Å². The van der Waals surface area contributed by atoms with Crippen LogP contribution in [0.4, 0.5) is 0 Å². The number of carbonyl (C=O) groups excluding carboxylic acids is 1. The Morgan fingerprint density at radius 2 is 1.96 bits per heavy atom. The van der Waals surface area contributed by atoms with Crippen molar-refractivity contribution in [2.24, 2.45) is 4.99 Å². The van der Waals surface area contributed by atoms with Gasteiger partial charge in [-0.2, -0.15) is 0 Å². The van der Waals surface area contributed by atoms with Crippen molar-refractivity contribution in [1.82, 2.24) is 0 Å². The Hall–Kier alpha value is -2.60. The molecule has 3 rings (SSSR count). The fourth-order valence-corrected chi connectivity index (χ4v) is 2.34. The normalized spacial score (nSPS) is 15.5. The number of rotatable bonds is 3. The lowest BCUT2D eigenvalue weighted by atomic mass is 10.1. The van der Waals surface area contributed by atoms with Crippen LogP contribution in [0.3, 0.4) is 0 Å². The number of methoxy groups -OCH3 is 1. The number of aromatic hydroxyl groups is 1. The highest BCUT2D eigenvalue weighted by Gasteiger charge is 2.24. The summed E-state index contributed by atoms with van der Waals surface area (Å²) in [4.78, 5) is 16.2. The number of hydrogen-bond acceptors (Lipinski definition) is 5. The molecule has 0 aliphatic carbocycles. The van der Waals surface area contributed by atoms with Crippen molar-refractivity contribution in [3.05, 3.63) is 63.8 Å². The van der Waals surface area contributed by atoms with Crippen LogP contribution in [0.15, 0.2) is 57.6 Å². The minimum absolute atomic E-state index is 0.00896. The number of carbonyl (C=O) groups is 1. The third kappa shape index (κ3) is 3.27. The predicted octanol–water partition coefficient (Wildman–Crippen LogP) is 3.51. The van der Waals surface area contributed by atoms with E-state index in [9.17, 15) is 9.90 Å². The number of hydrogen-bond donors (Lipinski definition) is 1. The minimum atomic E-state index is -0.529.